The number of benzene rings is 3. The Morgan fingerprint density at radius 1 is 0.941 bits per heavy atom. The van der Waals surface area contributed by atoms with Crippen LogP contribution in [0.25, 0.3) is 5.69 Å². The molecule has 0 fully saturated rings. The van der Waals surface area contributed by atoms with E-state index in [2.05, 4.69) is 15.5 Å². The van der Waals surface area contributed by atoms with Crippen LogP contribution in [0.15, 0.2) is 78.0 Å². The van der Waals surface area contributed by atoms with E-state index in [9.17, 15) is 4.79 Å². The molecule has 0 aliphatic heterocycles. The van der Waals surface area contributed by atoms with Gasteiger partial charge in [0.2, 0.25) is 5.91 Å². The lowest BCUT2D eigenvalue weighted by Crippen LogP contribution is -2.15. The van der Waals surface area contributed by atoms with Crippen LogP contribution in [0.5, 0.6) is 11.5 Å². The fraction of sp³-hybridized carbons (Fsp3) is 0.192. The molecule has 0 aliphatic rings. The molecule has 0 saturated carbocycles. The van der Waals surface area contributed by atoms with Crippen LogP contribution in [0, 0.1) is 13.8 Å². The second kappa shape index (κ2) is 10.9. The number of ether oxygens (including phenoxy) is 2. The number of amides is 1. The molecular weight excluding hydrogens is 448 g/mol. The molecule has 1 N–H and O–H groups in total. The molecule has 0 bridgehead atoms. The largest absolute Gasteiger partial charge is 0.497 e. The highest BCUT2D eigenvalue weighted by atomic mass is 32.2. The normalized spacial score (nSPS) is 10.7. The average Bonchev–Trinajstić information content (AvgIpc) is 3.28. The van der Waals surface area contributed by atoms with E-state index >= 15 is 0 Å². The summed E-state index contributed by atoms with van der Waals surface area (Å²) < 4.78 is 13.0. The van der Waals surface area contributed by atoms with Gasteiger partial charge in [-0.25, -0.2) is 0 Å². The Morgan fingerprint density at radius 2 is 1.68 bits per heavy atom. The summed E-state index contributed by atoms with van der Waals surface area (Å²) >= 11 is 1.33. The second-order valence-electron chi connectivity index (χ2n) is 7.62. The monoisotopic (exact) mass is 474 g/mol. The van der Waals surface area contributed by atoms with Crippen molar-refractivity contribution in [3.8, 4) is 17.2 Å². The highest BCUT2D eigenvalue weighted by Gasteiger charge is 2.17. The van der Waals surface area contributed by atoms with Crippen molar-refractivity contribution in [3.63, 3.8) is 0 Å². The van der Waals surface area contributed by atoms with Gasteiger partial charge in [-0.05, 0) is 67.4 Å². The first-order chi connectivity index (χ1) is 16.5. The minimum Gasteiger partial charge on any atom is -0.497 e. The molecular formula is C26H26N4O3S. The average molecular weight is 475 g/mol. The first kappa shape index (κ1) is 23.4. The Bertz CT molecular complexity index is 1260. The number of hydrogen-bond acceptors (Lipinski definition) is 6. The van der Waals surface area contributed by atoms with E-state index in [1.54, 1.807) is 7.11 Å². The standard InChI is InChI=1S/C26H26N4O3S/c1-18-8-7-11-23(19(18)2)27-25(31)17-34-26-29-28-24(30(26)20-9-5-4-6-10-20)16-33-22-14-12-21(32-3)13-15-22/h4-15H,16-17H2,1-3H3,(H,27,31). The van der Waals surface area contributed by atoms with Gasteiger partial charge < -0.3 is 14.8 Å². The molecule has 3 aromatic carbocycles. The molecule has 1 heterocycles. The van der Waals surface area contributed by atoms with Crippen molar-refractivity contribution in [2.24, 2.45) is 0 Å². The number of thioether (sulfide) groups is 1. The summed E-state index contributed by atoms with van der Waals surface area (Å²) in [5, 5.41) is 12.3. The van der Waals surface area contributed by atoms with E-state index < -0.39 is 0 Å². The van der Waals surface area contributed by atoms with E-state index in [0.717, 1.165) is 28.3 Å². The maximum absolute atomic E-state index is 12.6. The second-order valence-corrected chi connectivity index (χ2v) is 8.56. The predicted molar refractivity (Wildman–Crippen MR) is 134 cm³/mol. The fourth-order valence-corrected chi connectivity index (χ4v) is 4.12. The smallest absolute Gasteiger partial charge is 0.234 e. The summed E-state index contributed by atoms with van der Waals surface area (Å²) in [7, 11) is 1.62. The maximum atomic E-state index is 12.6. The van der Waals surface area contributed by atoms with Crippen LogP contribution in [0.4, 0.5) is 5.69 Å². The number of anilines is 1. The number of aryl methyl sites for hydroxylation is 1. The topological polar surface area (TPSA) is 78.3 Å². The minimum absolute atomic E-state index is 0.0997. The summed E-state index contributed by atoms with van der Waals surface area (Å²) in [6, 6.07) is 23.0. The molecule has 0 spiro atoms. The van der Waals surface area contributed by atoms with E-state index in [0.29, 0.717) is 16.7 Å². The predicted octanol–water partition coefficient (Wildman–Crippen LogP) is 5.20. The van der Waals surface area contributed by atoms with Crippen LogP contribution in [0.2, 0.25) is 0 Å². The van der Waals surface area contributed by atoms with Gasteiger partial charge in [-0.2, -0.15) is 0 Å². The Morgan fingerprint density at radius 3 is 2.41 bits per heavy atom. The van der Waals surface area contributed by atoms with Gasteiger partial charge in [0.25, 0.3) is 0 Å². The Labute approximate surface area is 203 Å². The van der Waals surface area contributed by atoms with Gasteiger partial charge in [0.1, 0.15) is 18.1 Å². The van der Waals surface area contributed by atoms with Crippen LogP contribution in [-0.2, 0) is 11.4 Å². The van der Waals surface area contributed by atoms with Crippen LogP contribution < -0.4 is 14.8 Å². The zero-order valence-electron chi connectivity index (χ0n) is 19.3. The van der Waals surface area contributed by atoms with Crippen molar-refractivity contribution in [3.05, 3.63) is 89.7 Å². The molecule has 4 aromatic rings. The van der Waals surface area contributed by atoms with Gasteiger partial charge in [-0.3, -0.25) is 9.36 Å². The lowest BCUT2D eigenvalue weighted by Gasteiger charge is -2.12. The zero-order valence-corrected chi connectivity index (χ0v) is 20.1. The molecule has 0 unspecified atom stereocenters. The van der Waals surface area contributed by atoms with Crippen molar-refractivity contribution in [2.75, 3.05) is 18.2 Å². The SMILES string of the molecule is COc1ccc(OCc2nnc(SCC(=O)Nc3cccc(C)c3C)n2-c2ccccc2)cc1. The third-order valence-electron chi connectivity index (χ3n) is 5.35. The van der Waals surface area contributed by atoms with Gasteiger partial charge in [0.15, 0.2) is 11.0 Å². The van der Waals surface area contributed by atoms with Gasteiger partial charge in [-0.1, -0.05) is 42.1 Å². The van der Waals surface area contributed by atoms with Crippen LogP contribution in [0.3, 0.4) is 0 Å². The number of methoxy groups -OCH3 is 1. The third-order valence-corrected chi connectivity index (χ3v) is 6.28. The Kier molecular flexibility index (Phi) is 7.49. The number of carbonyl (C=O) groups is 1. The fourth-order valence-electron chi connectivity index (χ4n) is 3.35. The number of rotatable bonds is 9. The van der Waals surface area contributed by atoms with Gasteiger partial charge >= 0.3 is 0 Å². The molecule has 174 valence electrons. The van der Waals surface area contributed by atoms with Gasteiger partial charge in [0, 0.05) is 11.4 Å². The molecule has 0 saturated heterocycles. The number of nitrogens with one attached hydrogen (secondary N) is 1. The third kappa shape index (κ3) is 5.58. The van der Waals surface area contributed by atoms with E-state index in [1.165, 1.54) is 11.8 Å². The quantitative estimate of drug-likeness (QED) is 0.336. The summed E-state index contributed by atoms with van der Waals surface area (Å²) in [5.74, 6) is 2.21. The molecule has 8 heteroatoms. The number of aromatic nitrogens is 3. The number of para-hydroxylation sites is 1. The van der Waals surface area contributed by atoms with Gasteiger partial charge in [-0.15, -0.1) is 10.2 Å². The van der Waals surface area contributed by atoms with Crippen LogP contribution in [-0.4, -0.2) is 33.5 Å². The van der Waals surface area contributed by atoms with E-state index in [-0.39, 0.29) is 18.3 Å². The van der Waals surface area contributed by atoms with Crippen molar-refractivity contribution in [1.29, 1.82) is 0 Å². The van der Waals surface area contributed by atoms with Crippen molar-refractivity contribution < 1.29 is 14.3 Å². The molecule has 4 rings (SSSR count). The Hall–Kier alpha value is -3.78. The van der Waals surface area contributed by atoms with E-state index in [4.69, 9.17) is 9.47 Å². The number of carbonyl (C=O) groups excluding carboxylic acids is 1. The number of nitrogens with zero attached hydrogens (tertiary/aromatic N) is 3. The summed E-state index contributed by atoms with van der Waals surface area (Å²) in [6.07, 6.45) is 0. The Balaban J connectivity index is 1.48. The van der Waals surface area contributed by atoms with Crippen molar-refractivity contribution in [2.45, 2.75) is 25.6 Å². The number of hydrogen-bond donors (Lipinski definition) is 1. The zero-order chi connectivity index (χ0) is 23.9. The molecule has 0 aliphatic carbocycles. The summed E-state index contributed by atoms with van der Waals surface area (Å²) in [5.41, 5.74) is 3.92. The van der Waals surface area contributed by atoms with Crippen molar-refractivity contribution >= 4 is 23.4 Å². The first-order valence-corrected chi connectivity index (χ1v) is 11.8. The molecule has 1 aromatic heterocycles. The van der Waals surface area contributed by atoms with Crippen LogP contribution in [0.1, 0.15) is 17.0 Å². The van der Waals surface area contributed by atoms with Crippen molar-refractivity contribution in [1.82, 2.24) is 14.8 Å². The highest BCUT2D eigenvalue weighted by molar-refractivity contribution is 7.99. The lowest BCUT2D eigenvalue weighted by atomic mass is 10.1. The molecule has 7 nitrogen and oxygen atoms in total. The first-order valence-electron chi connectivity index (χ1n) is 10.8. The molecule has 0 atom stereocenters. The van der Waals surface area contributed by atoms with E-state index in [1.807, 2.05) is 91.2 Å². The lowest BCUT2D eigenvalue weighted by molar-refractivity contribution is -0.113. The molecule has 1 amide bonds. The summed E-state index contributed by atoms with van der Waals surface area (Å²) in [6.45, 7) is 4.25. The minimum atomic E-state index is -0.0997. The van der Waals surface area contributed by atoms with Crippen LogP contribution >= 0.6 is 11.8 Å². The molecule has 0 radical (unpaired) electrons. The summed E-state index contributed by atoms with van der Waals surface area (Å²) in [4.78, 5) is 12.6. The van der Waals surface area contributed by atoms with Gasteiger partial charge in [0.05, 0.1) is 12.9 Å². The molecule has 34 heavy (non-hydrogen) atoms. The highest BCUT2D eigenvalue weighted by Crippen LogP contribution is 2.25. The maximum Gasteiger partial charge on any atom is 0.234 e.